The number of benzene rings is 1. The fourth-order valence-electron chi connectivity index (χ4n) is 4.25. The Kier molecular flexibility index (Phi) is 5.67. The van der Waals surface area contributed by atoms with Gasteiger partial charge in [-0.15, -0.1) is 0 Å². The van der Waals surface area contributed by atoms with Gasteiger partial charge in [0, 0.05) is 37.3 Å². The number of hydrogen-bond donors (Lipinski definition) is 2. The van der Waals surface area contributed by atoms with Crippen LogP contribution in [-0.4, -0.2) is 25.3 Å². The summed E-state index contributed by atoms with van der Waals surface area (Å²) >= 11 is 0. The van der Waals surface area contributed by atoms with Gasteiger partial charge in [-0.25, -0.2) is 0 Å². The Bertz CT molecular complexity index is 721. The van der Waals surface area contributed by atoms with Gasteiger partial charge in [0.15, 0.2) is 0 Å². The molecule has 0 bridgehead atoms. The van der Waals surface area contributed by atoms with Gasteiger partial charge in [0.05, 0.1) is 6.54 Å². The molecule has 146 valence electrons. The van der Waals surface area contributed by atoms with E-state index in [4.69, 9.17) is 9.15 Å². The molecule has 0 amide bonds. The first-order valence-electron chi connectivity index (χ1n) is 10.3. The lowest BCUT2D eigenvalue weighted by Gasteiger charge is -2.40. The van der Waals surface area contributed by atoms with Crippen LogP contribution >= 0.6 is 0 Å². The van der Waals surface area contributed by atoms with Crippen LogP contribution in [0.3, 0.4) is 0 Å². The predicted octanol–water partition coefficient (Wildman–Crippen LogP) is 4.39. The SMILES string of the molecule is C[C@H](NC1(CNCc2ccc([C@H]3C[C@@H]3C)o2)CCOCC1)c1ccccc1. The summed E-state index contributed by atoms with van der Waals surface area (Å²) in [4.78, 5) is 0. The normalized spacial score (nSPS) is 25.3. The topological polar surface area (TPSA) is 46.4 Å². The fraction of sp³-hybridized carbons (Fsp3) is 0.565. The van der Waals surface area contributed by atoms with Gasteiger partial charge in [-0.3, -0.25) is 0 Å². The van der Waals surface area contributed by atoms with Crippen molar-refractivity contribution in [3.8, 4) is 0 Å². The summed E-state index contributed by atoms with van der Waals surface area (Å²) in [6.45, 7) is 7.89. The lowest BCUT2D eigenvalue weighted by atomic mass is 9.88. The number of hydrogen-bond acceptors (Lipinski definition) is 4. The van der Waals surface area contributed by atoms with E-state index in [0.29, 0.717) is 12.0 Å². The second-order valence-corrected chi connectivity index (χ2v) is 8.40. The summed E-state index contributed by atoms with van der Waals surface area (Å²) < 4.78 is 11.7. The second-order valence-electron chi connectivity index (χ2n) is 8.40. The third kappa shape index (κ3) is 4.63. The van der Waals surface area contributed by atoms with Crippen LogP contribution in [0.15, 0.2) is 46.9 Å². The molecule has 2 heterocycles. The molecule has 1 saturated heterocycles. The van der Waals surface area contributed by atoms with E-state index >= 15 is 0 Å². The lowest BCUT2D eigenvalue weighted by molar-refractivity contribution is 0.0335. The van der Waals surface area contributed by atoms with E-state index in [1.165, 1.54) is 12.0 Å². The molecule has 0 spiro atoms. The highest BCUT2D eigenvalue weighted by molar-refractivity contribution is 5.19. The average molecular weight is 369 g/mol. The smallest absolute Gasteiger partial charge is 0.117 e. The molecule has 0 radical (unpaired) electrons. The molecular formula is C23H32N2O2. The number of furan rings is 1. The highest BCUT2D eigenvalue weighted by atomic mass is 16.5. The minimum absolute atomic E-state index is 0.0634. The largest absolute Gasteiger partial charge is 0.464 e. The molecule has 3 atom stereocenters. The van der Waals surface area contributed by atoms with E-state index in [1.807, 2.05) is 0 Å². The Morgan fingerprint density at radius 2 is 1.85 bits per heavy atom. The molecule has 27 heavy (non-hydrogen) atoms. The van der Waals surface area contributed by atoms with Gasteiger partial charge in [-0.2, -0.15) is 0 Å². The molecule has 4 rings (SSSR count). The van der Waals surface area contributed by atoms with Gasteiger partial charge in [0.25, 0.3) is 0 Å². The predicted molar refractivity (Wildman–Crippen MR) is 108 cm³/mol. The molecule has 0 unspecified atom stereocenters. The molecule has 2 aliphatic rings. The van der Waals surface area contributed by atoms with Crippen LogP contribution in [0.1, 0.15) is 62.2 Å². The standard InChI is InChI=1S/C23H32N2O2/c1-17-14-21(17)22-9-8-20(27-22)15-24-16-23(10-12-26-13-11-23)25-18(2)19-6-4-3-5-7-19/h3-9,17-18,21,24-25H,10-16H2,1-2H3/t17-,18-,21-/m0/s1. The van der Waals surface area contributed by atoms with Crippen molar-refractivity contribution in [1.82, 2.24) is 10.6 Å². The fourth-order valence-corrected chi connectivity index (χ4v) is 4.25. The van der Waals surface area contributed by atoms with E-state index < -0.39 is 0 Å². The minimum atomic E-state index is 0.0634. The highest BCUT2D eigenvalue weighted by Gasteiger charge is 2.37. The van der Waals surface area contributed by atoms with Crippen LogP contribution in [-0.2, 0) is 11.3 Å². The van der Waals surface area contributed by atoms with Gasteiger partial charge in [0.2, 0.25) is 0 Å². The van der Waals surface area contributed by atoms with Gasteiger partial charge in [0.1, 0.15) is 11.5 Å². The Hall–Kier alpha value is -1.62. The Labute approximate surface area is 162 Å². The zero-order valence-electron chi connectivity index (χ0n) is 16.5. The highest BCUT2D eigenvalue weighted by Crippen LogP contribution is 2.47. The molecular weight excluding hydrogens is 336 g/mol. The van der Waals surface area contributed by atoms with E-state index in [2.05, 4.69) is 66.9 Å². The summed E-state index contributed by atoms with van der Waals surface area (Å²) in [6, 6.07) is 15.3. The quantitative estimate of drug-likeness (QED) is 0.725. The lowest BCUT2D eigenvalue weighted by Crippen LogP contribution is -2.56. The summed E-state index contributed by atoms with van der Waals surface area (Å²) in [5.74, 6) is 3.64. The van der Waals surface area contributed by atoms with Crippen LogP contribution in [0.2, 0.25) is 0 Å². The van der Waals surface area contributed by atoms with Crippen LogP contribution < -0.4 is 10.6 Å². The first-order valence-corrected chi connectivity index (χ1v) is 10.3. The van der Waals surface area contributed by atoms with Gasteiger partial charge in [-0.05, 0) is 49.8 Å². The van der Waals surface area contributed by atoms with E-state index in [0.717, 1.165) is 56.6 Å². The molecule has 2 N–H and O–H groups in total. The first-order chi connectivity index (χ1) is 13.2. The third-order valence-corrected chi connectivity index (χ3v) is 6.19. The summed E-state index contributed by atoms with van der Waals surface area (Å²) in [6.07, 6.45) is 3.32. The Balaban J connectivity index is 1.34. The number of rotatable bonds is 8. The van der Waals surface area contributed by atoms with Crippen molar-refractivity contribution in [2.24, 2.45) is 5.92 Å². The van der Waals surface area contributed by atoms with Crippen LogP contribution in [0, 0.1) is 5.92 Å². The van der Waals surface area contributed by atoms with Crippen LogP contribution in [0.4, 0.5) is 0 Å². The maximum absolute atomic E-state index is 6.04. The van der Waals surface area contributed by atoms with Crippen molar-refractivity contribution >= 4 is 0 Å². The molecule has 1 saturated carbocycles. The average Bonchev–Trinajstić information content (AvgIpc) is 3.24. The number of ether oxygens (including phenoxy) is 1. The minimum Gasteiger partial charge on any atom is -0.464 e. The molecule has 4 heteroatoms. The van der Waals surface area contributed by atoms with Gasteiger partial charge >= 0.3 is 0 Å². The molecule has 4 nitrogen and oxygen atoms in total. The van der Waals surface area contributed by atoms with Crippen molar-refractivity contribution in [3.63, 3.8) is 0 Å². The zero-order chi connectivity index (χ0) is 18.7. The van der Waals surface area contributed by atoms with E-state index in [1.54, 1.807) is 0 Å². The molecule has 1 aromatic carbocycles. The first kappa shape index (κ1) is 18.7. The summed E-state index contributed by atoms with van der Waals surface area (Å²) in [5, 5.41) is 7.54. The van der Waals surface area contributed by atoms with Crippen molar-refractivity contribution in [2.45, 2.75) is 57.2 Å². The monoisotopic (exact) mass is 368 g/mol. The molecule has 2 fully saturated rings. The molecule has 2 aromatic rings. The Morgan fingerprint density at radius 1 is 1.11 bits per heavy atom. The van der Waals surface area contributed by atoms with Crippen molar-refractivity contribution in [2.75, 3.05) is 19.8 Å². The van der Waals surface area contributed by atoms with Crippen LogP contribution in [0.25, 0.3) is 0 Å². The maximum atomic E-state index is 6.04. The van der Waals surface area contributed by atoms with Crippen molar-refractivity contribution in [1.29, 1.82) is 0 Å². The van der Waals surface area contributed by atoms with E-state index in [9.17, 15) is 0 Å². The third-order valence-electron chi connectivity index (χ3n) is 6.19. The summed E-state index contributed by atoms with van der Waals surface area (Å²) in [7, 11) is 0. The number of nitrogens with one attached hydrogen (secondary N) is 2. The van der Waals surface area contributed by atoms with Gasteiger partial charge < -0.3 is 19.8 Å². The van der Waals surface area contributed by atoms with Gasteiger partial charge in [-0.1, -0.05) is 37.3 Å². The molecule has 1 aromatic heterocycles. The van der Waals surface area contributed by atoms with Crippen molar-refractivity contribution in [3.05, 3.63) is 59.5 Å². The van der Waals surface area contributed by atoms with E-state index in [-0.39, 0.29) is 5.54 Å². The maximum Gasteiger partial charge on any atom is 0.117 e. The van der Waals surface area contributed by atoms with Crippen LogP contribution in [0.5, 0.6) is 0 Å². The molecule has 1 aliphatic heterocycles. The molecule has 1 aliphatic carbocycles. The van der Waals surface area contributed by atoms with Crippen molar-refractivity contribution < 1.29 is 9.15 Å². The Morgan fingerprint density at radius 3 is 2.56 bits per heavy atom. The zero-order valence-corrected chi connectivity index (χ0v) is 16.5. The summed E-state index contributed by atoms with van der Waals surface area (Å²) in [5.41, 5.74) is 1.39. The second kappa shape index (κ2) is 8.17.